The molecule has 0 aromatic heterocycles. The summed E-state index contributed by atoms with van der Waals surface area (Å²) >= 11 is 3.50. The van der Waals surface area contributed by atoms with Gasteiger partial charge in [0.15, 0.2) is 0 Å². The van der Waals surface area contributed by atoms with Crippen molar-refractivity contribution in [2.24, 2.45) is 11.7 Å². The Hall–Kier alpha value is -1.56. The summed E-state index contributed by atoms with van der Waals surface area (Å²) in [6.45, 7) is 2.14. The highest BCUT2D eigenvalue weighted by Gasteiger charge is 2.20. The van der Waals surface area contributed by atoms with Crippen molar-refractivity contribution in [2.75, 3.05) is 13.7 Å². The summed E-state index contributed by atoms with van der Waals surface area (Å²) in [5, 5.41) is 3.08. The molecule has 0 saturated carbocycles. The first kappa shape index (κ1) is 20.5. The number of hydrogen-bond donors (Lipinski definition) is 2. The fraction of sp³-hybridized carbons (Fsp3) is 0.278. The molecule has 4 nitrogen and oxygen atoms in total. The molecule has 2 unspecified atom stereocenters. The highest BCUT2D eigenvalue weighted by molar-refractivity contribution is 9.10. The van der Waals surface area contributed by atoms with Gasteiger partial charge in [-0.25, -0.2) is 0 Å². The number of methoxy groups -OCH3 is 1. The zero-order chi connectivity index (χ0) is 16.8. The van der Waals surface area contributed by atoms with Crippen LogP contribution in [0.3, 0.4) is 0 Å². The molecule has 0 aliphatic carbocycles. The lowest BCUT2D eigenvalue weighted by Gasteiger charge is -2.22. The van der Waals surface area contributed by atoms with Crippen molar-refractivity contribution < 1.29 is 9.53 Å². The van der Waals surface area contributed by atoms with Crippen molar-refractivity contribution in [1.82, 2.24) is 5.32 Å². The topological polar surface area (TPSA) is 64.3 Å². The largest absolute Gasteiger partial charge is 0.496 e. The van der Waals surface area contributed by atoms with E-state index in [4.69, 9.17) is 10.5 Å². The summed E-state index contributed by atoms with van der Waals surface area (Å²) in [6, 6.07) is 15.4. The maximum absolute atomic E-state index is 12.3. The molecule has 0 spiro atoms. The number of nitrogens with two attached hydrogens (primary N) is 1. The number of benzene rings is 2. The van der Waals surface area contributed by atoms with E-state index in [2.05, 4.69) is 21.2 Å². The van der Waals surface area contributed by atoms with Gasteiger partial charge < -0.3 is 15.8 Å². The van der Waals surface area contributed by atoms with E-state index in [9.17, 15) is 4.79 Å². The molecule has 0 saturated heterocycles. The van der Waals surface area contributed by atoms with E-state index in [1.807, 2.05) is 55.5 Å². The molecule has 0 fully saturated rings. The minimum Gasteiger partial charge on any atom is -0.496 e. The van der Waals surface area contributed by atoms with Crippen LogP contribution in [0.15, 0.2) is 53.0 Å². The third kappa shape index (κ3) is 4.97. The predicted molar refractivity (Wildman–Crippen MR) is 103 cm³/mol. The first-order valence-corrected chi connectivity index (χ1v) is 8.25. The first-order valence-electron chi connectivity index (χ1n) is 7.45. The predicted octanol–water partition coefficient (Wildman–Crippen LogP) is 3.68. The van der Waals surface area contributed by atoms with Gasteiger partial charge in [-0.05, 0) is 39.2 Å². The van der Waals surface area contributed by atoms with Gasteiger partial charge in [-0.2, -0.15) is 0 Å². The van der Waals surface area contributed by atoms with Crippen LogP contribution < -0.4 is 15.8 Å². The minimum atomic E-state index is -0.236. The second-order valence-electron chi connectivity index (χ2n) is 5.38. The third-order valence-electron chi connectivity index (χ3n) is 3.73. The number of hydrogen-bond acceptors (Lipinski definition) is 3. The number of halogens is 2. The smallest absolute Gasteiger partial charge is 0.224 e. The van der Waals surface area contributed by atoms with Crippen molar-refractivity contribution >= 4 is 34.2 Å². The number of carbonyl (C=O) groups is 1. The average Bonchev–Trinajstić information content (AvgIpc) is 2.59. The number of rotatable bonds is 6. The van der Waals surface area contributed by atoms with Gasteiger partial charge in [0.05, 0.1) is 17.6 Å². The quantitative estimate of drug-likeness (QED) is 0.759. The zero-order valence-corrected chi connectivity index (χ0v) is 16.1. The van der Waals surface area contributed by atoms with Gasteiger partial charge in [-0.1, -0.05) is 43.3 Å². The van der Waals surface area contributed by atoms with Gasteiger partial charge >= 0.3 is 0 Å². The van der Waals surface area contributed by atoms with E-state index in [-0.39, 0.29) is 30.3 Å². The van der Waals surface area contributed by atoms with Crippen molar-refractivity contribution in [3.05, 3.63) is 64.1 Å². The second-order valence-corrected chi connectivity index (χ2v) is 6.24. The summed E-state index contributed by atoms with van der Waals surface area (Å²) in [5.74, 6) is 0.457. The van der Waals surface area contributed by atoms with Crippen LogP contribution in [0.2, 0.25) is 0 Å². The van der Waals surface area contributed by atoms with Crippen molar-refractivity contribution in [3.63, 3.8) is 0 Å². The lowest BCUT2D eigenvalue weighted by Crippen LogP contribution is -2.36. The maximum Gasteiger partial charge on any atom is 0.224 e. The van der Waals surface area contributed by atoms with Crippen LogP contribution in [-0.2, 0) is 4.79 Å². The van der Waals surface area contributed by atoms with Gasteiger partial charge in [-0.3, -0.25) is 4.79 Å². The Morgan fingerprint density at radius 3 is 2.42 bits per heavy atom. The van der Waals surface area contributed by atoms with E-state index in [1.54, 1.807) is 7.11 Å². The molecular formula is C18H22BrClN2O2. The Morgan fingerprint density at radius 1 is 1.21 bits per heavy atom. The number of nitrogens with one attached hydrogen (secondary N) is 1. The second kappa shape index (κ2) is 9.67. The average molecular weight is 414 g/mol. The third-order valence-corrected chi connectivity index (χ3v) is 4.35. The summed E-state index contributed by atoms with van der Waals surface area (Å²) in [5.41, 5.74) is 7.59. The van der Waals surface area contributed by atoms with E-state index in [1.165, 1.54) is 0 Å². The molecule has 2 rings (SSSR count). The minimum absolute atomic E-state index is 0. The molecule has 1 amide bonds. The van der Waals surface area contributed by atoms with Crippen molar-refractivity contribution in [2.45, 2.75) is 13.0 Å². The SMILES string of the molecule is COc1ccc(C(NC(=O)C(C)CN)c2ccccc2)cc1Br.Cl. The Bertz CT molecular complexity index is 667. The standard InChI is InChI=1S/C18H21BrN2O2.ClH/c1-12(11-20)18(22)21-17(13-6-4-3-5-7-13)14-8-9-16(23-2)15(19)10-14;/h3-10,12,17H,11,20H2,1-2H3,(H,21,22);1H. The zero-order valence-electron chi connectivity index (χ0n) is 13.7. The van der Waals surface area contributed by atoms with Crippen LogP contribution in [0.1, 0.15) is 24.1 Å². The highest BCUT2D eigenvalue weighted by Crippen LogP contribution is 2.30. The molecule has 0 bridgehead atoms. The van der Waals surface area contributed by atoms with Crippen LogP contribution in [0, 0.1) is 5.92 Å². The van der Waals surface area contributed by atoms with Crippen LogP contribution >= 0.6 is 28.3 Å². The normalized spacial score (nSPS) is 12.7. The molecular weight excluding hydrogens is 392 g/mol. The van der Waals surface area contributed by atoms with E-state index < -0.39 is 0 Å². The summed E-state index contributed by atoms with van der Waals surface area (Å²) in [7, 11) is 1.62. The Morgan fingerprint density at radius 2 is 1.88 bits per heavy atom. The van der Waals surface area contributed by atoms with E-state index in [0.29, 0.717) is 6.54 Å². The Labute approximate surface area is 157 Å². The molecule has 2 atom stereocenters. The molecule has 2 aromatic carbocycles. The molecule has 0 aliphatic heterocycles. The van der Waals surface area contributed by atoms with Crippen LogP contribution in [0.5, 0.6) is 5.75 Å². The number of amides is 1. The summed E-state index contributed by atoms with van der Waals surface area (Å²) in [4.78, 5) is 12.3. The Balaban J connectivity index is 0.00000288. The van der Waals surface area contributed by atoms with Gasteiger partial charge in [0, 0.05) is 12.5 Å². The van der Waals surface area contributed by atoms with Crippen LogP contribution in [0.25, 0.3) is 0 Å². The van der Waals surface area contributed by atoms with Gasteiger partial charge in [0.2, 0.25) is 5.91 Å². The summed E-state index contributed by atoms with van der Waals surface area (Å²) < 4.78 is 6.12. The van der Waals surface area contributed by atoms with Gasteiger partial charge in [-0.15, -0.1) is 12.4 Å². The fourth-order valence-electron chi connectivity index (χ4n) is 2.26. The van der Waals surface area contributed by atoms with E-state index in [0.717, 1.165) is 21.3 Å². The lowest BCUT2D eigenvalue weighted by molar-refractivity contribution is -0.124. The van der Waals surface area contributed by atoms with E-state index >= 15 is 0 Å². The summed E-state index contributed by atoms with van der Waals surface area (Å²) in [6.07, 6.45) is 0. The van der Waals surface area contributed by atoms with Crippen LogP contribution in [-0.4, -0.2) is 19.6 Å². The number of carbonyl (C=O) groups excluding carboxylic acids is 1. The molecule has 0 radical (unpaired) electrons. The highest BCUT2D eigenvalue weighted by atomic mass is 79.9. The molecule has 2 aromatic rings. The monoisotopic (exact) mass is 412 g/mol. The Kier molecular flexibility index (Phi) is 8.25. The lowest BCUT2D eigenvalue weighted by atomic mass is 9.97. The fourth-order valence-corrected chi connectivity index (χ4v) is 2.82. The first-order chi connectivity index (χ1) is 11.1. The maximum atomic E-state index is 12.3. The van der Waals surface area contributed by atoms with Crippen molar-refractivity contribution in [1.29, 1.82) is 0 Å². The molecule has 6 heteroatoms. The number of ether oxygens (including phenoxy) is 1. The van der Waals surface area contributed by atoms with Crippen LogP contribution in [0.4, 0.5) is 0 Å². The molecule has 0 aliphatic rings. The van der Waals surface area contributed by atoms with Gasteiger partial charge in [0.1, 0.15) is 5.75 Å². The van der Waals surface area contributed by atoms with Crippen molar-refractivity contribution in [3.8, 4) is 5.75 Å². The molecule has 130 valence electrons. The van der Waals surface area contributed by atoms with Gasteiger partial charge in [0.25, 0.3) is 0 Å². The molecule has 24 heavy (non-hydrogen) atoms. The molecule has 0 heterocycles. The molecule has 3 N–H and O–H groups in total.